The van der Waals surface area contributed by atoms with Crippen molar-refractivity contribution in [2.45, 2.75) is 51.2 Å². The molecular formula is C25H35N5O. The molecule has 3 aliphatic heterocycles. The smallest absolute Gasteiger partial charge is 0.161 e. The lowest BCUT2D eigenvalue weighted by atomic mass is 10.0. The maximum Gasteiger partial charge on any atom is 0.161 e. The molecule has 31 heavy (non-hydrogen) atoms. The van der Waals surface area contributed by atoms with Crippen molar-refractivity contribution in [3.63, 3.8) is 0 Å². The second-order valence-electron chi connectivity index (χ2n) is 9.38. The topological polar surface area (TPSA) is 44.7 Å². The molecule has 5 rings (SSSR count). The Morgan fingerprint density at radius 1 is 0.903 bits per heavy atom. The van der Waals surface area contributed by atoms with E-state index in [0.29, 0.717) is 12.6 Å². The van der Waals surface area contributed by atoms with E-state index in [4.69, 9.17) is 14.7 Å². The van der Waals surface area contributed by atoms with Crippen LogP contribution in [-0.4, -0.2) is 67.8 Å². The van der Waals surface area contributed by atoms with Crippen LogP contribution in [-0.2, 0) is 17.8 Å². The Morgan fingerprint density at radius 2 is 1.65 bits per heavy atom. The van der Waals surface area contributed by atoms with Gasteiger partial charge in [-0.2, -0.15) is 0 Å². The van der Waals surface area contributed by atoms with Gasteiger partial charge in [-0.15, -0.1) is 0 Å². The predicted molar refractivity (Wildman–Crippen MR) is 126 cm³/mol. The Labute approximate surface area is 186 Å². The van der Waals surface area contributed by atoms with Gasteiger partial charge in [0.05, 0.1) is 18.9 Å². The van der Waals surface area contributed by atoms with Gasteiger partial charge in [-0.05, 0) is 70.5 Å². The van der Waals surface area contributed by atoms with E-state index in [0.717, 1.165) is 43.3 Å². The largest absolute Gasteiger partial charge is 0.376 e. The minimum absolute atomic E-state index is 0.631. The summed E-state index contributed by atoms with van der Waals surface area (Å²) in [5.41, 5.74) is 4.80. The van der Waals surface area contributed by atoms with Gasteiger partial charge in [0.2, 0.25) is 0 Å². The number of ether oxygens (including phenoxy) is 1. The molecule has 0 bridgehead atoms. The molecule has 2 saturated heterocycles. The molecule has 2 aromatic rings. The minimum atomic E-state index is 0.631. The predicted octanol–water partition coefficient (Wildman–Crippen LogP) is 3.74. The highest BCUT2D eigenvalue weighted by molar-refractivity contribution is 5.64. The molecule has 166 valence electrons. The Bertz CT molecular complexity index is 884. The number of aromatic nitrogens is 2. The van der Waals surface area contributed by atoms with Crippen LogP contribution < -0.4 is 9.80 Å². The summed E-state index contributed by atoms with van der Waals surface area (Å²) in [4.78, 5) is 17.4. The van der Waals surface area contributed by atoms with Crippen molar-refractivity contribution in [1.82, 2.24) is 14.9 Å². The highest BCUT2D eigenvalue weighted by Crippen LogP contribution is 2.31. The van der Waals surface area contributed by atoms with E-state index in [9.17, 15) is 0 Å². The second kappa shape index (κ2) is 9.13. The van der Waals surface area contributed by atoms with Gasteiger partial charge in [-0.1, -0.05) is 0 Å². The maximum atomic E-state index is 5.79. The molecule has 3 aliphatic rings. The molecule has 0 atom stereocenters. The molecule has 6 nitrogen and oxygen atoms in total. The zero-order valence-corrected chi connectivity index (χ0v) is 19.0. The first kappa shape index (κ1) is 20.7. The lowest BCUT2D eigenvalue weighted by Crippen LogP contribution is -2.43. The Hall–Kier alpha value is -2.18. The van der Waals surface area contributed by atoms with Crippen LogP contribution in [0.5, 0.6) is 0 Å². The first-order valence-electron chi connectivity index (χ1n) is 11.9. The van der Waals surface area contributed by atoms with Gasteiger partial charge in [-0.3, -0.25) is 0 Å². The van der Waals surface area contributed by atoms with Crippen LogP contribution in [0, 0.1) is 0 Å². The molecule has 0 saturated carbocycles. The van der Waals surface area contributed by atoms with E-state index in [-0.39, 0.29) is 0 Å². The summed E-state index contributed by atoms with van der Waals surface area (Å²) >= 11 is 0. The fourth-order valence-electron chi connectivity index (χ4n) is 5.17. The number of hydrogen-bond donors (Lipinski definition) is 0. The first-order chi connectivity index (χ1) is 15.2. The average Bonchev–Trinajstić information content (AvgIpc) is 2.84. The number of benzene rings is 1. The molecule has 2 fully saturated rings. The van der Waals surface area contributed by atoms with Gasteiger partial charge in [0, 0.05) is 55.5 Å². The highest BCUT2D eigenvalue weighted by atomic mass is 16.5. The van der Waals surface area contributed by atoms with E-state index in [1.54, 1.807) is 0 Å². The molecule has 0 aliphatic carbocycles. The third kappa shape index (κ3) is 4.41. The molecule has 0 amide bonds. The summed E-state index contributed by atoms with van der Waals surface area (Å²) in [5, 5.41) is 0. The quantitative estimate of drug-likeness (QED) is 0.749. The molecular weight excluding hydrogens is 386 g/mol. The van der Waals surface area contributed by atoms with E-state index in [2.05, 4.69) is 53.1 Å². The van der Waals surface area contributed by atoms with Gasteiger partial charge < -0.3 is 19.4 Å². The van der Waals surface area contributed by atoms with Gasteiger partial charge >= 0.3 is 0 Å². The lowest BCUT2D eigenvalue weighted by Gasteiger charge is -2.37. The van der Waals surface area contributed by atoms with Gasteiger partial charge in [-0.25, -0.2) is 9.97 Å². The van der Waals surface area contributed by atoms with Crippen LogP contribution in [0.3, 0.4) is 0 Å². The van der Waals surface area contributed by atoms with Crippen molar-refractivity contribution in [1.29, 1.82) is 0 Å². The van der Waals surface area contributed by atoms with Crippen molar-refractivity contribution < 1.29 is 4.74 Å². The van der Waals surface area contributed by atoms with Crippen LogP contribution in [0.1, 0.15) is 43.4 Å². The Balaban J connectivity index is 1.42. The van der Waals surface area contributed by atoms with Crippen LogP contribution in [0.4, 0.5) is 11.5 Å². The van der Waals surface area contributed by atoms with Crippen molar-refractivity contribution in [2.75, 3.05) is 56.7 Å². The van der Waals surface area contributed by atoms with Crippen molar-refractivity contribution in [3.8, 4) is 11.4 Å². The van der Waals surface area contributed by atoms with Crippen molar-refractivity contribution in [3.05, 3.63) is 35.5 Å². The third-order valence-corrected chi connectivity index (χ3v) is 7.14. The van der Waals surface area contributed by atoms with E-state index in [1.165, 1.54) is 62.1 Å². The Morgan fingerprint density at radius 3 is 2.35 bits per heavy atom. The summed E-state index contributed by atoms with van der Waals surface area (Å²) < 4.78 is 5.79. The lowest BCUT2D eigenvalue weighted by molar-refractivity contribution is 0.109. The van der Waals surface area contributed by atoms with Crippen LogP contribution in [0.2, 0.25) is 0 Å². The van der Waals surface area contributed by atoms with Gasteiger partial charge in [0.15, 0.2) is 5.82 Å². The molecule has 1 aromatic heterocycles. The molecule has 0 radical (unpaired) electrons. The molecule has 0 N–H and O–H groups in total. The second-order valence-corrected chi connectivity index (χ2v) is 9.38. The number of rotatable bonds is 4. The normalized spacial score (nSPS) is 20.2. The molecule has 4 heterocycles. The number of fused-ring (bicyclic) bond motifs is 1. The zero-order chi connectivity index (χ0) is 21.2. The van der Waals surface area contributed by atoms with Crippen LogP contribution >= 0.6 is 0 Å². The van der Waals surface area contributed by atoms with E-state index < -0.39 is 0 Å². The van der Waals surface area contributed by atoms with Crippen LogP contribution in [0.25, 0.3) is 11.4 Å². The Kier molecular flexibility index (Phi) is 6.10. The summed E-state index contributed by atoms with van der Waals surface area (Å²) in [7, 11) is 4.37. The maximum absolute atomic E-state index is 5.79. The molecule has 6 heteroatoms. The fourth-order valence-corrected chi connectivity index (χ4v) is 5.17. The zero-order valence-electron chi connectivity index (χ0n) is 19.0. The van der Waals surface area contributed by atoms with Crippen molar-refractivity contribution >= 4 is 11.5 Å². The number of nitrogens with zero attached hydrogens (tertiary/aromatic N) is 5. The van der Waals surface area contributed by atoms with Gasteiger partial charge in [0.25, 0.3) is 0 Å². The monoisotopic (exact) mass is 421 g/mol. The highest BCUT2D eigenvalue weighted by Gasteiger charge is 2.27. The molecule has 1 aromatic carbocycles. The summed E-state index contributed by atoms with van der Waals surface area (Å²) in [6.45, 7) is 5.80. The number of anilines is 2. The van der Waals surface area contributed by atoms with Gasteiger partial charge in [0.1, 0.15) is 5.82 Å². The fraction of sp³-hybridized carbons (Fsp3) is 0.600. The van der Waals surface area contributed by atoms with E-state index >= 15 is 0 Å². The minimum Gasteiger partial charge on any atom is -0.376 e. The SMILES string of the molecule is CN(C)C1CCN(c2nc(-c3ccc(N4CCCCC4)cc3)nc3c2COCC3)CC1. The molecule has 0 spiro atoms. The summed E-state index contributed by atoms with van der Waals surface area (Å²) in [6.07, 6.45) is 7.17. The summed E-state index contributed by atoms with van der Waals surface area (Å²) in [5.74, 6) is 1.95. The number of piperidine rings is 2. The average molecular weight is 422 g/mol. The van der Waals surface area contributed by atoms with Crippen LogP contribution in [0.15, 0.2) is 24.3 Å². The summed E-state index contributed by atoms with van der Waals surface area (Å²) in [6, 6.07) is 9.55. The third-order valence-electron chi connectivity index (χ3n) is 7.14. The van der Waals surface area contributed by atoms with Crippen molar-refractivity contribution in [2.24, 2.45) is 0 Å². The molecule has 0 unspecified atom stereocenters. The number of hydrogen-bond acceptors (Lipinski definition) is 6. The standard InChI is InChI=1S/C25H35N5O/c1-28(2)20-10-15-30(16-11-20)25-22-18-31-17-12-23(22)26-24(27-25)19-6-8-21(9-7-19)29-13-4-3-5-14-29/h6-9,20H,3-5,10-18H2,1-2H3. The van der Waals surface area contributed by atoms with E-state index in [1.807, 2.05) is 0 Å². The first-order valence-corrected chi connectivity index (χ1v) is 11.9.